The van der Waals surface area contributed by atoms with E-state index in [4.69, 9.17) is 11.6 Å². The molecule has 0 spiro atoms. The molecule has 1 aliphatic carbocycles. The van der Waals surface area contributed by atoms with Crippen molar-refractivity contribution in [3.63, 3.8) is 0 Å². The number of hydrogen-bond donors (Lipinski definition) is 1. The third-order valence-electron chi connectivity index (χ3n) is 3.72. The number of anilines is 1. The summed E-state index contributed by atoms with van der Waals surface area (Å²) in [5, 5.41) is 3.45. The average Bonchev–Trinajstić information content (AvgIpc) is 3.23. The second-order valence-corrected chi connectivity index (χ2v) is 6.48. The molecule has 4 nitrogen and oxygen atoms in total. The van der Waals surface area contributed by atoms with Gasteiger partial charge < -0.3 is 10.2 Å². The summed E-state index contributed by atoms with van der Waals surface area (Å²) in [6.45, 7) is 0.405. The Morgan fingerprint density at radius 1 is 1.30 bits per heavy atom. The van der Waals surface area contributed by atoms with Gasteiger partial charge in [-0.15, -0.1) is 0 Å². The first-order chi connectivity index (χ1) is 9.56. The second-order valence-electron chi connectivity index (χ2n) is 5.22. The minimum absolute atomic E-state index is 0.0208. The lowest BCUT2D eigenvalue weighted by Crippen LogP contribution is -2.46. The fourth-order valence-electron chi connectivity index (χ4n) is 2.46. The highest BCUT2D eigenvalue weighted by molar-refractivity contribution is 9.10. The summed E-state index contributed by atoms with van der Waals surface area (Å²) in [7, 11) is 0. The van der Waals surface area contributed by atoms with Crippen LogP contribution in [0.25, 0.3) is 0 Å². The minimum Gasteiger partial charge on any atom is -0.344 e. The number of nitrogens with one attached hydrogen (secondary N) is 1. The lowest BCUT2D eigenvalue weighted by molar-refractivity contribution is -0.126. The summed E-state index contributed by atoms with van der Waals surface area (Å²) in [6.07, 6.45) is 2.35. The van der Waals surface area contributed by atoms with E-state index in [-0.39, 0.29) is 17.9 Å². The first-order valence-electron chi connectivity index (χ1n) is 6.62. The van der Waals surface area contributed by atoms with E-state index in [0.717, 1.165) is 23.0 Å². The molecule has 2 fully saturated rings. The van der Waals surface area contributed by atoms with E-state index in [0.29, 0.717) is 23.9 Å². The van der Waals surface area contributed by atoms with Crippen LogP contribution >= 0.6 is 27.5 Å². The summed E-state index contributed by atoms with van der Waals surface area (Å²) in [5.41, 5.74) is 0.772. The van der Waals surface area contributed by atoms with Gasteiger partial charge in [0.05, 0.1) is 5.02 Å². The van der Waals surface area contributed by atoms with Crippen molar-refractivity contribution in [2.75, 3.05) is 11.4 Å². The molecule has 1 aromatic carbocycles. The van der Waals surface area contributed by atoms with Crippen LogP contribution in [-0.4, -0.2) is 24.4 Å². The predicted molar refractivity (Wildman–Crippen MR) is 80.8 cm³/mol. The van der Waals surface area contributed by atoms with E-state index in [1.807, 2.05) is 12.1 Å². The van der Waals surface area contributed by atoms with Crippen LogP contribution in [0.15, 0.2) is 22.7 Å². The van der Waals surface area contributed by atoms with Gasteiger partial charge in [0.15, 0.2) is 0 Å². The topological polar surface area (TPSA) is 49.4 Å². The zero-order chi connectivity index (χ0) is 14.3. The van der Waals surface area contributed by atoms with E-state index in [1.54, 1.807) is 11.0 Å². The highest BCUT2D eigenvalue weighted by Gasteiger charge is 2.41. The molecule has 0 aromatic heterocycles. The maximum absolute atomic E-state index is 12.6. The Labute approximate surface area is 130 Å². The quantitative estimate of drug-likeness (QED) is 0.885. The third-order valence-corrected chi connectivity index (χ3v) is 4.93. The van der Waals surface area contributed by atoms with Gasteiger partial charge in [0.2, 0.25) is 11.8 Å². The van der Waals surface area contributed by atoms with Crippen molar-refractivity contribution in [1.29, 1.82) is 0 Å². The normalized spacial score (nSPS) is 23.5. The number of halogens is 2. The summed E-state index contributed by atoms with van der Waals surface area (Å²) in [5.74, 6) is 0.223. The van der Waals surface area contributed by atoms with Crippen molar-refractivity contribution in [3.05, 3.63) is 27.7 Å². The number of carbonyl (C=O) groups is 2. The third kappa shape index (κ3) is 2.69. The largest absolute Gasteiger partial charge is 0.344 e. The van der Waals surface area contributed by atoms with Gasteiger partial charge in [-0.2, -0.15) is 0 Å². The zero-order valence-corrected chi connectivity index (χ0v) is 13.1. The average molecular weight is 358 g/mol. The molecule has 1 unspecified atom stereocenters. The number of carbonyl (C=O) groups excluding carboxylic acids is 2. The summed E-state index contributed by atoms with van der Waals surface area (Å²) < 4.78 is 0.746. The molecule has 1 saturated carbocycles. The van der Waals surface area contributed by atoms with E-state index in [1.165, 1.54) is 0 Å². The van der Waals surface area contributed by atoms with Crippen LogP contribution in [0.5, 0.6) is 0 Å². The van der Waals surface area contributed by atoms with Crippen LogP contribution in [0, 0.1) is 5.92 Å². The molecule has 1 heterocycles. The number of rotatable bonds is 2. The van der Waals surface area contributed by atoms with Crippen molar-refractivity contribution in [2.24, 2.45) is 5.92 Å². The lowest BCUT2D eigenvalue weighted by Gasteiger charge is -2.24. The fourth-order valence-corrected chi connectivity index (χ4v) is 2.94. The molecule has 1 atom stereocenters. The monoisotopic (exact) mass is 356 g/mol. The second kappa shape index (κ2) is 5.37. The van der Waals surface area contributed by atoms with Crippen LogP contribution in [0.4, 0.5) is 5.69 Å². The maximum atomic E-state index is 12.6. The van der Waals surface area contributed by atoms with Gasteiger partial charge in [-0.3, -0.25) is 9.59 Å². The van der Waals surface area contributed by atoms with Crippen LogP contribution < -0.4 is 10.2 Å². The van der Waals surface area contributed by atoms with E-state index < -0.39 is 0 Å². The summed E-state index contributed by atoms with van der Waals surface area (Å²) in [6, 6.07) is 5.00. The fraction of sp³-hybridized carbons (Fsp3) is 0.429. The van der Waals surface area contributed by atoms with Gasteiger partial charge in [0, 0.05) is 23.1 Å². The molecule has 0 radical (unpaired) electrons. The molecule has 2 aliphatic rings. The Morgan fingerprint density at radius 2 is 2.05 bits per heavy atom. The van der Waals surface area contributed by atoms with Gasteiger partial charge in [-0.05, 0) is 52.9 Å². The van der Waals surface area contributed by atoms with Crippen molar-refractivity contribution < 1.29 is 9.59 Å². The van der Waals surface area contributed by atoms with E-state index >= 15 is 0 Å². The molecular formula is C14H14BrClN2O2. The standard InChI is InChI=1S/C14H14BrClN2O2/c15-10-7-9(3-4-11(10)16)18-6-5-12(19)17-13(14(18)20)8-1-2-8/h3-4,7-8,13H,1-2,5-6H2,(H,17,19). The Bertz CT molecular complexity index is 574. The number of hydrogen-bond acceptors (Lipinski definition) is 2. The highest BCUT2D eigenvalue weighted by Crippen LogP contribution is 2.35. The van der Waals surface area contributed by atoms with Crippen LogP contribution in [0.3, 0.4) is 0 Å². The molecule has 106 valence electrons. The van der Waals surface area contributed by atoms with Gasteiger partial charge in [-0.25, -0.2) is 0 Å². The van der Waals surface area contributed by atoms with Crippen LogP contribution in [0.1, 0.15) is 19.3 Å². The Balaban J connectivity index is 1.91. The predicted octanol–water partition coefficient (Wildman–Crippen LogP) is 2.73. The molecule has 2 amide bonds. The molecule has 1 N–H and O–H groups in total. The summed E-state index contributed by atoms with van der Waals surface area (Å²) >= 11 is 9.35. The van der Waals surface area contributed by atoms with Gasteiger partial charge >= 0.3 is 0 Å². The van der Waals surface area contributed by atoms with Crippen molar-refractivity contribution in [3.8, 4) is 0 Å². The molecule has 6 heteroatoms. The minimum atomic E-state index is -0.376. The molecule has 1 aromatic rings. The zero-order valence-electron chi connectivity index (χ0n) is 10.7. The maximum Gasteiger partial charge on any atom is 0.249 e. The van der Waals surface area contributed by atoms with Gasteiger partial charge in [-0.1, -0.05) is 11.6 Å². The molecule has 1 saturated heterocycles. The van der Waals surface area contributed by atoms with Crippen molar-refractivity contribution in [2.45, 2.75) is 25.3 Å². The van der Waals surface area contributed by atoms with Gasteiger partial charge in [0.1, 0.15) is 6.04 Å². The Morgan fingerprint density at radius 3 is 2.70 bits per heavy atom. The van der Waals surface area contributed by atoms with Crippen LogP contribution in [0.2, 0.25) is 5.02 Å². The molecule has 1 aliphatic heterocycles. The van der Waals surface area contributed by atoms with E-state index in [2.05, 4.69) is 21.2 Å². The van der Waals surface area contributed by atoms with Crippen LogP contribution in [-0.2, 0) is 9.59 Å². The number of benzene rings is 1. The first kappa shape index (κ1) is 13.9. The van der Waals surface area contributed by atoms with E-state index in [9.17, 15) is 9.59 Å². The molecular weight excluding hydrogens is 344 g/mol. The SMILES string of the molecule is O=C1CCN(c2ccc(Cl)c(Br)c2)C(=O)C(C2CC2)N1. The Hall–Kier alpha value is -1.07. The Kier molecular flexibility index (Phi) is 3.73. The van der Waals surface area contributed by atoms with Crippen molar-refractivity contribution >= 4 is 45.0 Å². The smallest absolute Gasteiger partial charge is 0.249 e. The highest BCUT2D eigenvalue weighted by atomic mass is 79.9. The molecule has 20 heavy (non-hydrogen) atoms. The molecule has 3 rings (SSSR count). The summed E-state index contributed by atoms with van der Waals surface area (Å²) in [4.78, 5) is 26.1. The number of nitrogens with zero attached hydrogens (tertiary/aromatic N) is 1. The van der Waals surface area contributed by atoms with Gasteiger partial charge in [0.25, 0.3) is 0 Å². The number of amides is 2. The first-order valence-corrected chi connectivity index (χ1v) is 7.79. The molecule has 0 bridgehead atoms. The lowest BCUT2D eigenvalue weighted by atomic mass is 10.1. The van der Waals surface area contributed by atoms with Crippen molar-refractivity contribution in [1.82, 2.24) is 5.32 Å².